The van der Waals surface area contributed by atoms with Crippen LogP contribution in [0.3, 0.4) is 0 Å². The fourth-order valence-corrected chi connectivity index (χ4v) is 8.55. The molecular weight excluding hydrogens is 791 g/mol. The second-order valence-electron chi connectivity index (χ2n) is 16.4. The molecule has 1 saturated heterocycles. The van der Waals surface area contributed by atoms with Crippen LogP contribution in [0.4, 0.5) is 5.82 Å². The van der Waals surface area contributed by atoms with Gasteiger partial charge < -0.3 is 33.4 Å². The molecular formula is C47H53N5O8Si. The number of nitrogens with zero attached hydrogens (tertiary/aromatic N) is 4. The highest BCUT2D eigenvalue weighted by Crippen LogP contribution is 2.46. The summed E-state index contributed by atoms with van der Waals surface area (Å²) in [6, 6.07) is 34.4. The van der Waals surface area contributed by atoms with Gasteiger partial charge in [-0.1, -0.05) is 100 Å². The van der Waals surface area contributed by atoms with Crippen LogP contribution >= 0.6 is 0 Å². The Balaban J connectivity index is 1.34. The smallest absolute Gasteiger partial charge is 0.305 e. The van der Waals surface area contributed by atoms with Gasteiger partial charge in [0, 0.05) is 12.0 Å². The Labute approximate surface area is 357 Å². The third-order valence-electron chi connectivity index (χ3n) is 11.6. The molecule has 318 valence electrons. The highest BCUT2D eigenvalue weighted by atomic mass is 28.4. The van der Waals surface area contributed by atoms with E-state index in [1.165, 1.54) is 6.33 Å². The van der Waals surface area contributed by atoms with Gasteiger partial charge in [0.2, 0.25) is 0 Å². The SMILES string of the molecule is CCC(=O)O[C@@H]1[C@@H](O[Si](C)(C)C(C)(C)C)[C@H](n2cnc3c(NC(=O)c4ccccc4)ncnc32)O[C@@H]1COC(c1ccccc1)(c1ccc(OC)cc1)c1ccc(OC)cc1. The number of anilines is 1. The van der Waals surface area contributed by atoms with Gasteiger partial charge in [0.25, 0.3) is 5.91 Å². The molecule has 4 aromatic carbocycles. The minimum absolute atomic E-state index is 0.0392. The predicted octanol–water partition coefficient (Wildman–Crippen LogP) is 8.71. The average molecular weight is 844 g/mol. The number of carbonyl (C=O) groups is 2. The van der Waals surface area contributed by atoms with E-state index in [0.29, 0.717) is 28.2 Å². The number of ether oxygens (including phenoxy) is 5. The summed E-state index contributed by atoms with van der Waals surface area (Å²) in [6.45, 7) is 12.5. The number of aromatic nitrogens is 4. The molecule has 0 spiro atoms. The van der Waals surface area contributed by atoms with Crippen LogP contribution in [-0.2, 0) is 29.0 Å². The molecule has 0 unspecified atom stereocenters. The van der Waals surface area contributed by atoms with Crippen LogP contribution in [0.1, 0.15) is 67.4 Å². The van der Waals surface area contributed by atoms with Gasteiger partial charge in [0.1, 0.15) is 35.6 Å². The number of hydrogen-bond acceptors (Lipinski definition) is 11. The molecule has 0 radical (unpaired) electrons. The van der Waals surface area contributed by atoms with Crippen molar-refractivity contribution in [3.05, 3.63) is 144 Å². The summed E-state index contributed by atoms with van der Waals surface area (Å²) >= 11 is 0. The zero-order chi connectivity index (χ0) is 43.4. The molecule has 61 heavy (non-hydrogen) atoms. The number of esters is 1. The Bertz CT molecular complexity index is 2370. The third-order valence-corrected chi connectivity index (χ3v) is 16.1. The van der Waals surface area contributed by atoms with E-state index in [4.69, 9.17) is 28.1 Å². The van der Waals surface area contributed by atoms with Gasteiger partial charge in [-0.25, -0.2) is 15.0 Å². The summed E-state index contributed by atoms with van der Waals surface area (Å²) in [5, 5.41) is 2.67. The molecule has 7 rings (SSSR count). The van der Waals surface area contributed by atoms with E-state index in [2.05, 4.69) is 54.1 Å². The van der Waals surface area contributed by atoms with Crippen molar-refractivity contribution in [1.29, 1.82) is 0 Å². The number of imidazole rings is 1. The van der Waals surface area contributed by atoms with E-state index >= 15 is 0 Å². The summed E-state index contributed by atoms with van der Waals surface area (Å²) < 4.78 is 40.8. The fourth-order valence-electron chi connectivity index (χ4n) is 7.27. The maximum absolute atomic E-state index is 13.4. The number of fused-ring (bicyclic) bond motifs is 1. The number of rotatable bonds is 15. The van der Waals surface area contributed by atoms with Crippen molar-refractivity contribution in [3.63, 3.8) is 0 Å². The van der Waals surface area contributed by atoms with Crippen molar-refractivity contribution < 1.29 is 37.7 Å². The molecule has 6 aromatic rings. The molecule has 13 nitrogen and oxygen atoms in total. The van der Waals surface area contributed by atoms with Crippen LogP contribution in [0.2, 0.25) is 18.1 Å². The van der Waals surface area contributed by atoms with Gasteiger partial charge in [-0.2, -0.15) is 0 Å². The zero-order valence-electron chi connectivity index (χ0n) is 35.8. The number of benzene rings is 4. The van der Waals surface area contributed by atoms with Gasteiger partial charge in [-0.05, 0) is 71.2 Å². The molecule has 1 amide bonds. The van der Waals surface area contributed by atoms with E-state index in [0.717, 1.165) is 16.7 Å². The second kappa shape index (κ2) is 18.0. The van der Waals surface area contributed by atoms with Gasteiger partial charge in [-0.15, -0.1) is 0 Å². The summed E-state index contributed by atoms with van der Waals surface area (Å²) in [5.74, 6) is 0.868. The molecule has 1 N–H and O–H groups in total. The Hall–Kier alpha value is -5.93. The minimum atomic E-state index is -2.59. The summed E-state index contributed by atoms with van der Waals surface area (Å²) in [4.78, 5) is 40.3. The minimum Gasteiger partial charge on any atom is -0.497 e. The van der Waals surface area contributed by atoms with Gasteiger partial charge in [0.15, 0.2) is 37.6 Å². The van der Waals surface area contributed by atoms with Crippen molar-refractivity contribution >= 4 is 37.2 Å². The Kier molecular flexibility index (Phi) is 12.7. The lowest BCUT2D eigenvalue weighted by atomic mass is 9.80. The summed E-state index contributed by atoms with van der Waals surface area (Å²) in [7, 11) is 0.669. The third kappa shape index (κ3) is 8.80. The maximum Gasteiger partial charge on any atom is 0.305 e. The number of nitrogens with one attached hydrogen (secondary N) is 1. The first kappa shape index (κ1) is 43.2. The quantitative estimate of drug-likeness (QED) is 0.0602. The van der Waals surface area contributed by atoms with Crippen LogP contribution < -0.4 is 14.8 Å². The van der Waals surface area contributed by atoms with E-state index in [1.807, 2.05) is 84.9 Å². The molecule has 0 bridgehead atoms. The van der Waals surface area contributed by atoms with Crippen LogP contribution in [0, 0.1) is 0 Å². The number of carbonyl (C=O) groups excluding carboxylic acids is 2. The predicted molar refractivity (Wildman–Crippen MR) is 234 cm³/mol. The molecule has 0 saturated carbocycles. The normalized spacial score (nSPS) is 18.2. The van der Waals surface area contributed by atoms with E-state index in [1.54, 1.807) is 56.3 Å². The van der Waals surface area contributed by atoms with E-state index in [-0.39, 0.29) is 29.8 Å². The lowest BCUT2D eigenvalue weighted by Crippen LogP contribution is -2.50. The molecule has 14 heteroatoms. The molecule has 1 aliphatic heterocycles. The summed E-state index contributed by atoms with van der Waals surface area (Å²) in [5.41, 5.74) is 2.55. The molecule has 2 aromatic heterocycles. The number of amides is 1. The largest absolute Gasteiger partial charge is 0.497 e. The molecule has 4 atom stereocenters. The standard InChI is InChI=1S/C47H53N5O8Si/c1-9-38(53)59-40-37(28-57-47(32-18-14-11-15-19-32,33-20-24-35(55-5)25-21-33)34-22-26-36(56-6)27-23-34)58-45(41(40)60-61(7,8)46(2,3)4)52-30-50-39-42(48-29-49-43(39)52)51-44(54)31-16-12-10-13-17-31/h10-27,29-30,37,40-41,45H,9,28H2,1-8H3,(H,48,49,51,54)/t37-,40+,41-,45-/m1/s1. The Morgan fingerprint density at radius 3 is 1.90 bits per heavy atom. The van der Waals surface area contributed by atoms with E-state index in [9.17, 15) is 9.59 Å². The zero-order valence-corrected chi connectivity index (χ0v) is 36.8. The molecule has 1 fully saturated rings. The van der Waals surface area contributed by atoms with Crippen LogP contribution in [0.25, 0.3) is 11.2 Å². The van der Waals surface area contributed by atoms with Crippen LogP contribution in [0.15, 0.2) is 122 Å². The van der Waals surface area contributed by atoms with Crippen LogP contribution in [0.5, 0.6) is 11.5 Å². The first-order valence-corrected chi connectivity index (χ1v) is 23.3. The van der Waals surface area contributed by atoms with Crippen molar-refractivity contribution in [2.75, 3.05) is 26.1 Å². The Morgan fingerprint density at radius 2 is 1.34 bits per heavy atom. The van der Waals surface area contributed by atoms with Gasteiger partial charge >= 0.3 is 5.97 Å². The van der Waals surface area contributed by atoms with Gasteiger partial charge in [-0.3, -0.25) is 14.2 Å². The highest BCUT2D eigenvalue weighted by Gasteiger charge is 2.54. The van der Waals surface area contributed by atoms with E-state index < -0.39 is 44.4 Å². The summed E-state index contributed by atoms with van der Waals surface area (Å²) in [6.07, 6.45) is -0.355. The lowest BCUT2D eigenvalue weighted by Gasteiger charge is -2.40. The molecule has 0 aliphatic carbocycles. The lowest BCUT2D eigenvalue weighted by molar-refractivity contribution is -0.158. The maximum atomic E-state index is 13.4. The Morgan fingerprint density at radius 1 is 0.770 bits per heavy atom. The monoisotopic (exact) mass is 843 g/mol. The first-order valence-electron chi connectivity index (χ1n) is 20.3. The van der Waals surface area contributed by atoms with Crippen molar-refractivity contribution in [3.8, 4) is 11.5 Å². The highest BCUT2D eigenvalue weighted by molar-refractivity contribution is 6.74. The number of methoxy groups -OCH3 is 2. The van der Waals surface area contributed by atoms with Crippen molar-refractivity contribution in [2.45, 2.75) is 82.4 Å². The topological polar surface area (TPSA) is 145 Å². The molecule has 1 aliphatic rings. The number of hydrogen-bond donors (Lipinski definition) is 1. The first-order chi connectivity index (χ1) is 29.3. The average Bonchev–Trinajstić information content (AvgIpc) is 3.85. The second-order valence-corrected chi connectivity index (χ2v) is 21.2. The van der Waals surface area contributed by atoms with Crippen LogP contribution in [-0.4, -0.2) is 78.9 Å². The molecule has 3 heterocycles. The fraction of sp³-hybridized carbons (Fsp3) is 0.340. The van der Waals surface area contributed by atoms with Crippen molar-refractivity contribution in [2.24, 2.45) is 0 Å². The van der Waals surface area contributed by atoms with Crippen molar-refractivity contribution in [1.82, 2.24) is 19.5 Å². The van der Waals surface area contributed by atoms with Gasteiger partial charge in [0.05, 0.1) is 27.2 Å².